The summed E-state index contributed by atoms with van der Waals surface area (Å²) in [6.07, 6.45) is 0. The third kappa shape index (κ3) is 3.34. The van der Waals surface area contributed by atoms with Gasteiger partial charge in [-0.25, -0.2) is 13.8 Å². The number of nitrogens with zero attached hydrogens (tertiary/aromatic N) is 2. The molecule has 0 saturated heterocycles. The molecule has 1 aromatic carbocycles. The lowest BCUT2D eigenvalue weighted by Crippen LogP contribution is -2.31. The van der Waals surface area contributed by atoms with Gasteiger partial charge in [0.25, 0.3) is 0 Å². The minimum atomic E-state index is -0.461. The second kappa shape index (κ2) is 6.18. The summed E-state index contributed by atoms with van der Waals surface area (Å²) >= 11 is 1.50. The van der Waals surface area contributed by atoms with Crippen molar-refractivity contribution in [2.45, 2.75) is 12.6 Å². The highest BCUT2D eigenvalue weighted by Crippen LogP contribution is 2.23. The summed E-state index contributed by atoms with van der Waals surface area (Å²) in [6.45, 7) is 0.752. The first-order chi connectivity index (χ1) is 9.11. The van der Waals surface area contributed by atoms with E-state index in [-0.39, 0.29) is 18.2 Å². The number of aromatic nitrogens is 1. The van der Waals surface area contributed by atoms with Crippen LogP contribution in [0.3, 0.4) is 0 Å². The number of benzene rings is 1. The molecule has 1 aromatic heterocycles. The van der Waals surface area contributed by atoms with Gasteiger partial charge in [-0.2, -0.15) is 0 Å². The lowest BCUT2D eigenvalue weighted by Gasteiger charge is -2.27. The summed E-state index contributed by atoms with van der Waals surface area (Å²) in [4.78, 5) is 6.04. The molecule has 2 aromatic rings. The first-order valence-corrected chi connectivity index (χ1v) is 6.78. The third-order valence-electron chi connectivity index (χ3n) is 2.97. The van der Waals surface area contributed by atoms with Gasteiger partial charge in [-0.15, -0.1) is 11.3 Å². The van der Waals surface area contributed by atoms with Gasteiger partial charge < -0.3 is 5.73 Å². The summed E-state index contributed by atoms with van der Waals surface area (Å²) in [5.41, 5.74) is 8.61. The molecule has 1 unspecified atom stereocenters. The Balaban J connectivity index is 2.21. The number of halogens is 2. The zero-order valence-corrected chi connectivity index (χ0v) is 11.3. The van der Waals surface area contributed by atoms with Crippen LogP contribution in [0, 0.1) is 11.6 Å². The maximum atomic E-state index is 13.8. The summed E-state index contributed by atoms with van der Waals surface area (Å²) in [5, 5.41) is 1.92. The highest BCUT2D eigenvalue weighted by Gasteiger charge is 2.20. The van der Waals surface area contributed by atoms with Crippen LogP contribution >= 0.6 is 11.3 Å². The van der Waals surface area contributed by atoms with Crippen LogP contribution in [0.5, 0.6) is 0 Å². The molecule has 0 radical (unpaired) electrons. The van der Waals surface area contributed by atoms with Crippen molar-refractivity contribution < 1.29 is 8.78 Å². The molecule has 0 saturated carbocycles. The van der Waals surface area contributed by atoms with E-state index in [9.17, 15) is 8.78 Å². The molecule has 0 aliphatic heterocycles. The molecule has 2 rings (SSSR count). The maximum Gasteiger partial charge on any atom is 0.128 e. The molecule has 19 heavy (non-hydrogen) atoms. The lowest BCUT2D eigenvalue weighted by molar-refractivity contribution is 0.234. The molecule has 0 amide bonds. The van der Waals surface area contributed by atoms with E-state index in [0.29, 0.717) is 6.54 Å². The lowest BCUT2D eigenvalue weighted by atomic mass is 10.0. The molecular weight excluding hydrogens is 268 g/mol. The number of hydrogen-bond acceptors (Lipinski definition) is 4. The Labute approximate surface area is 114 Å². The zero-order valence-electron chi connectivity index (χ0n) is 10.5. The summed E-state index contributed by atoms with van der Waals surface area (Å²) in [6, 6.07) is 3.05. The molecule has 0 aliphatic carbocycles. The van der Waals surface area contributed by atoms with Gasteiger partial charge in [0, 0.05) is 24.0 Å². The van der Waals surface area contributed by atoms with Crippen LogP contribution in [0.25, 0.3) is 0 Å². The van der Waals surface area contributed by atoms with Gasteiger partial charge in [0.1, 0.15) is 11.6 Å². The van der Waals surface area contributed by atoms with Crippen LogP contribution in [0.2, 0.25) is 0 Å². The quantitative estimate of drug-likeness (QED) is 0.917. The molecule has 2 N–H and O–H groups in total. The second-order valence-corrected chi connectivity index (χ2v) is 5.03. The summed E-state index contributed by atoms with van der Waals surface area (Å²) in [7, 11) is 1.82. The van der Waals surface area contributed by atoms with Gasteiger partial charge in [0.2, 0.25) is 0 Å². The SMILES string of the molecule is CN(Cc1cscn1)C(CN)c1cc(F)ccc1F. The van der Waals surface area contributed by atoms with E-state index in [1.807, 2.05) is 17.3 Å². The summed E-state index contributed by atoms with van der Waals surface area (Å²) in [5.74, 6) is -0.904. The van der Waals surface area contributed by atoms with Crippen LogP contribution in [-0.4, -0.2) is 23.5 Å². The maximum absolute atomic E-state index is 13.8. The number of rotatable bonds is 5. The van der Waals surface area contributed by atoms with E-state index in [4.69, 9.17) is 5.73 Å². The Morgan fingerprint density at radius 3 is 2.84 bits per heavy atom. The average Bonchev–Trinajstić information content (AvgIpc) is 2.87. The number of thiazole rings is 1. The minimum Gasteiger partial charge on any atom is -0.329 e. The highest BCUT2D eigenvalue weighted by atomic mass is 32.1. The van der Waals surface area contributed by atoms with Gasteiger partial charge in [0.05, 0.1) is 17.2 Å². The Bertz CT molecular complexity index is 531. The van der Waals surface area contributed by atoms with Crippen molar-refractivity contribution in [3.8, 4) is 0 Å². The van der Waals surface area contributed by atoms with Crippen LogP contribution in [0.15, 0.2) is 29.1 Å². The molecule has 0 bridgehead atoms. The highest BCUT2D eigenvalue weighted by molar-refractivity contribution is 7.07. The Morgan fingerprint density at radius 1 is 1.42 bits per heavy atom. The first kappa shape index (κ1) is 14.0. The molecule has 3 nitrogen and oxygen atoms in total. The molecule has 6 heteroatoms. The standard InChI is InChI=1S/C13H15F2N3S/c1-18(6-10-7-19-8-17-10)13(5-16)11-4-9(14)2-3-12(11)15/h2-4,7-8,13H,5-6,16H2,1H3. The van der Waals surface area contributed by atoms with E-state index in [2.05, 4.69) is 4.98 Å². The van der Waals surface area contributed by atoms with Gasteiger partial charge in [0.15, 0.2) is 0 Å². The van der Waals surface area contributed by atoms with Crippen molar-refractivity contribution >= 4 is 11.3 Å². The van der Waals surface area contributed by atoms with Crippen molar-refractivity contribution in [1.82, 2.24) is 9.88 Å². The average molecular weight is 283 g/mol. The minimum absolute atomic E-state index is 0.209. The second-order valence-electron chi connectivity index (χ2n) is 4.31. The van der Waals surface area contributed by atoms with E-state index < -0.39 is 11.6 Å². The van der Waals surface area contributed by atoms with Gasteiger partial charge in [-0.1, -0.05) is 0 Å². The Hall–Kier alpha value is -1.37. The molecule has 0 aliphatic rings. The monoisotopic (exact) mass is 283 g/mol. The molecular formula is C13H15F2N3S. The Morgan fingerprint density at radius 2 is 2.21 bits per heavy atom. The van der Waals surface area contributed by atoms with Crippen molar-refractivity contribution in [2.75, 3.05) is 13.6 Å². The predicted octanol–water partition coefficient (Wildman–Crippen LogP) is 2.55. The fourth-order valence-corrected chi connectivity index (χ4v) is 2.55. The Kier molecular flexibility index (Phi) is 4.57. The third-order valence-corrected chi connectivity index (χ3v) is 3.60. The molecule has 1 heterocycles. The molecule has 0 spiro atoms. The normalized spacial score (nSPS) is 12.9. The van der Waals surface area contributed by atoms with E-state index in [0.717, 1.165) is 17.8 Å². The number of nitrogens with two attached hydrogens (primary N) is 1. The largest absolute Gasteiger partial charge is 0.329 e. The van der Waals surface area contributed by atoms with Gasteiger partial charge in [-0.3, -0.25) is 4.90 Å². The number of likely N-dealkylation sites (N-methyl/N-ethyl adjacent to an activating group) is 1. The summed E-state index contributed by atoms with van der Waals surface area (Å²) < 4.78 is 27.0. The fourth-order valence-electron chi connectivity index (χ4n) is 2.00. The van der Waals surface area contributed by atoms with Crippen molar-refractivity contribution in [3.05, 3.63) is 52.0 Å². The number of hydrogen-bond donors (Lipinski definition) is 1. The van der Waals surface area contributed by atoms with Gasteiger partial charge >= 0.3 is 0 Å². The van der Waals surface area contributed by atoms with Gasteiger partial charge in [-0.05, 0) is 25.2 Å². The van der Waals surface area contributed by atoms with Crippen LogP contribution in [-0.2, 0) is 6.54 Å². The fraction of sp³-hybridized carbons (Fsp3) is 0.308. The van der Waals surface area contributed by atoms with Crippen molar-refractivity contribution in [3.63, 3.8) is 0 Å². The molecule has 102 valence electrons. The predicted molar refractivity (Wildman–Crippen MR) is 71.7 cm³/mol. The smallest absolute Gasteiger partial charge is 0.128 e. The van der Waals surface area contributed by atoms with E-state index in [1.165, 1.54) is 17.4 Å². The van der Waals surface area contributed by atoms with Crippen molar-refractivity contribution in [2.24, 2.45) is 5.73 Å². The topological polar surface area (TPSA) is 42.2 Å². The molecule has 1 atom stereocenters. The first-order valence-electron chi connectivity index (χ1n) is 5.84. The van der Waals surface area contributed by atoms with Crippen LogP contribution in [0.1, 0.15) is 17.3 Å². The van der Waals surface area contributed by atoms with Crippen LogP contribution in [0.4, 0.5) is 8.78 Å². The molecule has 0 fully saturated rings. The zero-order chi connectivity index (χ0) is 13.8. The van der Waals surface area contributed by atoms with E-state index >= 15 is 0 Å². The van der Waals surface area contributed by atoms with Crippen molar-refractivity contribution in [1.29, 1.82) is 0 Å². The van der Waals surface area contributed by atoms with Crippen LogP contribution < -0.4 is 5.73 Å². The van der Waals surface area contributed by atoms with E-state index in [1.54, 1.807) is 5.51 Å².